The number of thioether (sulfide) groups is 2. The van der Waals surface area contributed by atoms with Crippen molar-refractivity contribution in [3.8, 4) is 11.5 Å². The molecule has 0 saturated carbocycles. The van der Waals surface area contributed by atoms with Gasteiger partial charge in [-0.3, -0.25) is 19.3 Å². The topological polar surface area (TPSA) is 82.1 Å². The van der Waals surface area contributed by atoms with Crippen LogP contribution in [0.2, 0.25) is 0 Å². The number of hydrogen-bond donors (Lipinski definition) is 0. The van der Waals surface area contributed by atoms with Crippen LogP contribution in [0.15, 0.2) is 70.5 Å². The Morgan fingerprint density at radius 3 is 2.62 bits per heavy atom. The molecule has 0 atom stereocenters. The molecule has 0 aliphatic carbocycles. The average Bonchev–Trinajstić information content (AvgIpc) is 3.13. The molecule has 3 aromatic carbocycles. The summed E-state index contributed by atoms with van der Waals surface area (Å²) in [6.45, 7) is 3.48. The van der Waals surface area contributed by atoms with E-state index in [1.807, 2.05) is 12.1 Å². The lowest BCUT2D eigenvalue weighted by Gasteiger charge is -2.13. The van der Waals surface area contributed by atoms with E-state index in [1.54, 1.807) is 57.0 Å². The van der Waals surface area contributed by atoms with Crippen LogP contribution in [-0.4, -0.2) is 54.1 Å². The third-order valence-corrected chi connectivity index (χ3v) is 7.31. The van der Waals surface area contributed by atoms with Crippen molar-refractivity contribution in [2.45, 2.75) is 24.8 Å². The van der Waals surface area contributed by atoms with Crippen LogP contribution in [0.1, 0.15) is 19.4 Å². The lowest BCUT2D eigenvalue weighted by molar-refractivity contribution is -0.149. The maximum atomic E-state index is 12.7. The molecule has 0 radical (unpaired) electrons. The molecule has 7 nitrogen and oxygen atoms in total. The summed E-state index contributed by atoms with van der Waals surface area (Å²) in [5.74, 6) is 0.706. The summed E-state index contributed by atoms with van der Waals surface area (Å²) < 4.78 is 16.5. The highest BCUT2D eigenvalue weighted by atomic mass is 32.2. The first-order valence-electron chi connectivity index (χ1n) is 11.7. The lowest BCUT2D eigenvalue weighted by Crippen LogP contribution is -2.35. The van der Waals surface area contributed by atoms with E-state index >= 15 is 0 Å². The van der Waals surface area contributed by atoms with Gasteiger partial charge in [0.05, 0.1) is 24.7 Å². The highest BCUT2D eigenvalue weighted by Gasteiger charge is 2.36. The fourth-order valence-electron chi connectivity index (χ4n) is 3.73. The summed E-state index contributed by atoms with van der Waals surface area (Å²) in [5, 5.41) is 1.92. The highest BCUT2D eigenvalue weighted by Crippen LogP contribution is 2.35. The summed E-state index contributed by atoms with van der Waals surface area (Å²) in [4.78, 5) is 39.2. The van der Waals surface area contributed by atoms with Gasteiger partial charge in [-0.15, -0.1) is 11.8 Å². The summed E-state index contributed by atoms with van der Waals surface area (Å²) in [6.07, 6.45) is 1.27. The molecule has 0 bridgehead atoms. The molecule has 4 rings (SSSR count). The predicted molar refractivity (Wildman–Crippen MR) is 147 cm³/mol. The Kier molecular flexibility index (Phi) is 8.78. The Bertz CT molecular complexity index is 1350. The van der Waals surface area contributed by atoms with Crippen LogP contribution in [0.25, 0.3) is 16.8 Å². The van der Waals surface area contributed by atoms with Gasteiger partial charge in [0.1, 0.15) is 6.54 Å². The van der Waals surface area contributed by atoms with E-state index in [2.05, 4.69) is 30.3 Å². The van der Waals surface area contributed by atoms with Gasteiger partial charge in [0, 0.05) is 10.6 Å². The summed E-state index contributed by atoms with van der Waals surface area (Å²) in [5.41, 5.74) is 0.671. The van der Waals surface area contributed by atoms with Crippen molar-refractivity contribution >= 4 is 57.5 Å². The molecule has 2 amide bonds. The van der Waals surface area contributed by atoms with Crippen molar-refractivity contribution in [3.63, 3.8) is 0 Å². The fourth-order valence-corrected chi connectivity index (χ4v) is 5.48. The summed E-state index contributed by atoms with van der Waals surface area (Å²) >= 11 is 2.52. The molecule has 3 aromatic rings. The monoisotopic (exact) mass is 537 g/mol. The summed E-state index contributed by atoms with van der Waals surface area (Å²) in [6, 6.07) is 19.9. The normalized spacial score (nSPS) is 14.6. The van der Waals surface area contributed by atoms with E-state index in [0.717, 1.165) is 22.4 Å². The molecule has 0 spiro atoms. The highest BCUT2D eigenvalue weighted by molar-refractivity contribution is 8.18. The molecule has 37 heavy (non-hydrogen) atoms. The molecule has 1 heterocycles. The number of esters is 1. The zero-order valence-corrected chi connectivity index (χ0v) is 22.4. The van der Waals surface area contributed by atoms with Crippen molar-refractivity contribution in [1.82, 2.24) is 4.90 Å². The molecule has 1 aliphatic rings. The van der Waals surface area contributed by atoms with E-state index in [4.69, 9.17) is 14.2 Å². The maximum absolute atomic E-state index is 12.7. The van der Waals surface area contributed by atoms with Gasteiger partial charge in [0.25, 0.3) is 11.1 Å². The maximum Gasteiger partial charge on any atom is 0.326 e. The number of hydrogen-bond acceptors (Lipinski definition) is 8. The minimum absolute atomic E-state index is 0.226. The first-order chi connectivity index (χ1) is 17.9. The number of methoxy groups -OCH3 is 1. The van der Waals surface area contributed by atoms with Gasteiger partial charge in [0.15, 0.2) is 11.5 Å². The first kappa shape index (κ1) is 26.6. The number of fused-ring (bicyclic) bond motifs is 1. The van der Waals surface area contributed by atoms with Gasteiger partial charge >= 0.3 is 5.97 Å². The number of benzene rings is 3. The van der Waals surface area contributed by atoms with Gasteiger partial charge in [0.2, 0.25) is 0 Å². The smallest absolute Gasteiger partial charge is 0.326 e. The standard InChI is InChI=1S/C28H27NO6S2/c1-18(2)35-26(30)17-29-27(31)25(37-28(29)32)16-19-11-12-22(23(15-19)33-3)34-13-14-36-24-10-6-8-20-7-4-5-9-21(20)24/h4-12,15-16,18H,13-14,17H2,1-3H3/b25-16-. The SMILES string of the molecule is COc1cc(/C=C2\SC(=O)N(CC(=O)OC(C)C)C2=O)ccc1OCCSc1cccc2ccccc12. The molecular formula is C28H27NO6S2. The zero-order chi connectivity index (χ0) is 26.4. The second kappa shape index (κ2) is 12.2. The van der Waals surface area contributed by atoms with Gasteiger partial charge < -0.3 is 14.2 Å². The second-order valence-corrected chi connectivity index (χ2v) is 10.5. The second-order valence-electron chi connectivity index (χ2n) is 8.39. The van der Waals surface area contributed by atoms with Crippen LogP contribution in [0.4, 0.5) is 4.79 Å². The fraction of sp³-hybridized carbons (Fsp3) is 0.250. The van der Waals surface area contributed by atoms with E-state index in [-0.39, 0.29) is 11.0 Å². The number of ether oxygens (including phenoxy) is 3. The number of nitrogens with zero attached hydrogens (tertiary/aromatic N) is 1. The number of imide groups is 1. The van der Waals surface area contributed by atoms with Crippen LogP contribution in [0, 0.1) is 0 Å². The largest absolute Gasteiger partial charge is 0.493 e. The quantitative estimate of drug-likeness (QED) is 0.135. The Balaban J connectivity index is 1.37. The molecular weight excluding hydrogens is 510 g/mol. The van der Waals surface area contributed by atoms with Crippen molar-refractivity contribution < 1.29 is 28.6 Å². The molecule has 9 heteroatoms. The molecule has 0 unspecified atom stereocenters. The minimum Gasteiger partial charge on any atom is -0.493 e. The Morgan fingerprint density at radius 2 is 1.84 bits per heavy atom. The number of amides is 2. The van der Waals surface area contributed by atoms with Crippen LogP contribution in [0.5, 0.6) is 11.5 Å². The molecule has 0 N–H and O–H groups in total. The van der Waals surface area contributed by atoms with Crippen molar-refractivity contribution in [2.75, 3.05) is 26.0 Å². The van der Waals surface area contributed by atoms with E-state index in [9.17, 15) is 14.4 Å². The zero-order valence-electron chi connectivity index (χ0n) is 20.8. The predicted octanol–water partition coefficient (Wildman–Crippen LogP) is 6.01. The Labute approximate surface area is 224 Å². The third-order valence-electron chi connectivity index (χ3n) is 5.36. The van der Waals surface area contributed by atoms with Gasteiger partial charge in [-0.25, -0.2) is 0 Å². The van der Waals surface area contributed by atoms with E-state index in [0.29, 0.717) is 23.7 Å². The Morgan fingerprint density at radius 1 is 1.05 bits per heavy atom. The van der Waals surface area contributed by atoms with E-state index in [1.165, 1.54) is 15.7 Å². The van der Waals surface area contributed by atoms with Gasteiger partial charge in [-0.05, 0) is 66.2 Å². The van der Waals surface area contributed by atoms with Crippen molar-refractivity contribution in [1.29, 1.82) is 0 Å². The van der Waals surface area contributed by atoms with Crippen LogP contribution in [-0.2, 0) is 14.3 Å². The van der Waals surface area contributed by atoms with Crippen molar-refractivity contribution in [3.05, 3.63) is 71.1 Å². The molecule has 1 saturated heterocycles. The molecule has 1 aliphatic heterocycles. The summed E-state index contributed by atoms with van der Waals surface area (Å²) in [7, 11) is 1.55. The molecule has 192 valence electrons. The average molecular weight is 538 g/mol. The lowest BCUT2D eigenvalue weighted by atomic mass is 10.1. The van der Waals surface area contributed by atoms with Crippen LogP contribution < -0.4 is 9.47 Å². The van der Waals surface area contributed by atoms with E-state index < -0.39 is 23.7 Å². The minimum atomic E-state index is -0.625. The van der Waals surface area contributed by atoms with Crippen LogP contribution in [0.3, 0.4) is 0 Å². The number of rotatable bonds is 10. The molecule has 1 fully saturated rings. The Hall–Kier alpha value is -3.43. The first-order valence-corrected chi connectivity index (χ1v) is 13.5. The molecule has 0 aromatic heterocycles. The van der Waals surface area contributed by atoms with Gasteiger partial charge in [-0.1, -0.05) is 42.5 Å². The number of carbonyl (C=O) groups excluding carboxylic acids is 3. The number of carbonyl (C=O) groups is 3. The van der Waals surface area contributed by atoms with Gasteiger partial charge in [-0.2, -0.15) is 0 Å². The third kappa shape index (κ3) is 6.67. The van der Waals surface area contributed by atoms with Crippen LogP contribution >= 0.6 is 23.5 Å². The van der Waals surface area contributed by atoms with Crippen molar-refractivity contribution in [2.24, 2.45) is 0 Å².